The number of allylic oxidation sites excluding steroid dienone is 1. The summed E-state index contributed by atoms with van der Waals surface area (Å²) in [6, 6.07) is 6.43. The maximum Gasteiger partial charge on any atom is -0.0153 e. The highest BCUT2D eigenvalue weighted by molar-refractivity contribution is 5.67. The predicted molar refractivity (Wildman–Crippen MR) is 69.9 cm³/mol. The zero-order valence-corrected chi connectivity index (χ0v) is 9.96. The maximum absolute atomic E-state index is 3.87. The first-order chi connectivity index (χ1) is 7.20. The number of hydrogen-bond donors (Lipinski definition) is 0. The highest BCUT2D eigenvalue weighted by Gasteiger charge is 2.06. The van der Waals surface area contributed by atoms with Gasteiger partial charge in [-0.3, -0.25) is 0 Å². The van der Waals surface area contributed by atoms with Crippen LogP contribution in [0.15, 0.2) is 30.9 Å². The second kappa shape index (κ2) is 5.55. The van der Waals surface area contributed by atoms with Crippen molar-refractivity contribution in [2.45, 2.75) is 33.1 Å². The second-order valence-corrected chi connectivity index (χ2v) is 4.02. The van der Waals surface area contributed by atoms with Crippen molar-refractivity contribution in [1.29, 1.82) is 0 Å². The quantitative estimate of drug-likeness (QED) is 0.650. The van der Waals surface area contributed by atoms with Gasteiger partial charge in [0, 0.05) is 0 Å². The summed E-state index contributed by atoms with van der Waals surface area (Å²) < 4.78 is 0. The van der Waals surface area contributed by atoms with Crippen LogP contribution < -0.4 is 0 Å². The molecular weight excluding hydrogens is 180 g/mol. The Morgan fingerprint density at radius 3 is 2.60 bits per heavy atom. The molecule has 0 aliphatic rings. The summed E-state index contributed by atoms with van der Waals surface area (Å²) in [5.74, 6) is 0.557. The summed E-state index contributed by atoms with van der Waals surface area (Å²) in [4.78, 5) is 0. The van der Waals surface area contributed by atoms with Crippen LogP contribution in [0.2, 0.25) is 0 Å². The van der Waals surface area contributed by atoms with Crippen LogP contribution in [0, 0.1) is 0 Å². The smallest absolute Gasteiger partial charge is 0.0153 e. The molecule has 1 rings (SSSR count). The van der Waals surface area contributed by atoms with Crippen LogP contribution in [0.4, 0.5) is 0 Å². The minimum atomic E-state index is 0.557. The van der Waals surface area contributed by atoms with Gasteiger partial charge in [0.2, 0.25) is 0 Å². The molecule has 0 N–H and O–H groups in total. The second-order valence-electron chi connectivity index (χ2n) is 4.02. The van der Waals surface area contributed by atoms with Crippen molar-refractivity contribution in [3.05, 3.63) is 47.5 Å². The monoisotopic (exact) mass is 200 g/mol. The van der Waals surface area contributed by atoms with Gasteiger partial charge < -0.3 is 0 Å². The third-order valence-corrected chi connectivity index (χ3v) is 2.54. The first-order valence-corrected chi connectivity index (χ1v) is 5.62. The van der Waals surface area contributed by atoms with Gasteiger partial charge in [0.05, 0.1) is 0 Å². The molecule has 0 atom stereocenters. The molecule has 15 heavy (non-hydrogen) atoms. The first kappa shape index (κ1) is 11.8. The molecule has 0 radical (unpaired) electrons. The lowest BCUT2D eigenvalue weighted by molar-refractivity contribution is 0.863. The lowest BCUT2D eigenvalue weighted by Gasteiger charge is -2.12. The maximum atomic E-state index is 3.87. The molecule has 0 saturated heterocycles. The third kappa shape index (κ3) is 2.82. The highest BCUT2D eigenvalue weighted by Crippen LogP contribution is 2.24. The van der Waals surface area contributed by atoms with Crippen molar-refractivity contribution >= 4 is 12.2 Å². The van der Waals surface area contributed by atoms with Gasteiger partial charge in [0.25, 0.3) is 0 Å². The molecule has 0 spiro atoms. The van der Waals surface area contributed by atoms with Crippen molar-refractivity contribution in [2.24, 2.45) is 0 Å². The van der Waals surface area contributed by atoms with E-state index in [0.717, 1.165) is 6.42 Å². The van der Waals surface area contributed by atoms with Crippen molar-refractivity contribution in [3.8, 4) is 0 Å². The van der Waals surface area contributed by atoms with Crippen molar-refractivity contribution in [3.63, 3.8) is 0 Å². The summed E-state index contributed by atoms with van der Waals surface area (Å²) in [7, 11) is 0. The van der Waals surface area contributed by atoms with E-state index >= 15 is 0 Å². The van der Waals surface area contributed by atoms with E-state index in [-0.39, 0.29) is 0 Å². The Labute approximate surface area is 93.3 Å². The van der Waals surface area contributed by atoms with Crippen molar-refractivity contribution < 1.29 is 0 Å². The summed E-state index contributed by atoms with van der Waals surface area (Å²) in [5, 5.41) is 0. The molecule has 0 amide bonds. The van der Waals surface area contributed by atoms with Gasteiger partial charge in [-0.05, 0) is 29.0 Å². The van der Waals surface area contributed by atoms with E-state index in [1.54, 1.807) is 0 Å². The van der Waals surface area contributed by atoms with Crippen LogP contribution in [0.25, 0.3) is 12.2 Å². The van der Waals surface area contributed by atoms with E-state index in [1.807, 2.05) is 6.08 Å². The Bertz CT molecular complexity index is 356. The van der Waals surface area contributed by atoms with Gasteiger partial charge in [0.1, 0.15) is 0 Å². The van der Waals surface area contributed by atoms with Crippen LogP contribution in [0.3, 0.4) is 0 Å². The van der Waals surface area contributed by atoms with Crippen molar-refractivity contribution in [1.82, 2.24) is 0 Å². The average Bonchev–Trinajstić information content (AvgIpc) is 2.25. The van der Waals surface area contributed by atoms with Gasteiger partial charge >= 0.3 is 0 Å². The molecule has 0 bridgehead atoms. The van der Waals surface area contributed by atoms with Crippen LogP contribution in [-0.2, 0) is 0 Å². The molecular formula is C15H20. The van der Waals surface area contributed by atoms with Crippen LogP contribution in [0.1, 0.15) is 49.8 Å². The average molecular weight is 200 g/mol. The van der Waals surface area contributed by atoms with Crippen LogP contribution in [0.5, 0.6) is 0 Å². The van der Waals surface area contributed by atoms with E-state index in [4.69, 9.17) is 0 Å². The lowest BCUT2D eigenvalue weighted by atomic mass is 9.93. The molecule has 0 unspecified atom stereocenters. The molecule has 0 fully saturated rings. The first-order valence-electron chi connectivity index (χ1n) is 5.62. The molecule has 0 aliphatic heterocycles. The molecule has 0 aromatic heterocycles. The number of rotatable bonds is 4. The molecule has 80 valence electrons. The fourth-order valence-corrected chi connectivity index (χ4v) is 1.71. The summed E-state index contributed by atoms with van der Waals surface area (Å²) in [6.07, 6.45) is 7.42. The third-order valence-electron chi connectivity index (χ3n) is 2.54. The fourth-order valence-electron chi connectivity index (χ4n) is 1.71. The van der Waals surface area contributed by atoms with E-state index in [1.165, 1.54) is 16.7 Å². The van der Waals surface area contributed by atoms with Gasteiger partial charge in [-0.25, -0.2) is 0 Å². The summed E-state index contributed by atoms with van der Waals surface area (Å²) in [6.45, 7) is 10.5. The molecule has 0 aliphatic carbocycles. The molecule has 0 heteroatoms. The zero-order valence-electron chi connectivity index (χ0n) is 9.96. The fraction of sp³-hybridized carbons (Fsp3) is 0.333. The Balaban J connectivity index is 3.26. The largest absolute Gasteiger partial charge is 0.0984 e. The number of benzene rings is 1. The Morgan fingerprint density at radius 1 is 1.33 bits per heavy atom. The molecule has 1 aromatic carbocycles. The molecule has 1 aromatic rings. The Morgan fingerprint density at radius 2 is 2.07 bits per heavy atom. The van der Waals surface area contributed by atoms with E-state index in [2.05, 4.69) is 57.7 Å². The Hall–Kier alpha value is -1.30. The van der Waals surface area contributed by atoms with E-state index in [9.17, 15) is 0 Å². The zero-order chi connectivity index (χ0) is 11.3. The van der Waals surface area contributed by atoms with Gasteiger partial charge in [-0.1, -0.05) is 63.8 Å². The van der Waals surface area contributed by atoms with Gasteiger partial charge in [-0.2, -0.15) is 0 Å². The lowest BCUT2D eigenvalue weighted by Crippen LogP contribution is -1.94. The number of hydrogen-bond acceptors (Lipinski definition) is 0. The summed E-state index contributed by atoms with van der Waals surface area (Å²) in [5.41, 5.74) is 3.95. The minimum absolute atomic E-state index is 0.557. The highest BCUT2D eigenvalue weighted by atomic mass is 14.1. The van der Waals surface area contributed by atoms with E-state index < -0.39 is 0 Å². The Kier molecular flexibility index (Phi) is 4.36. The topological polar surface area (TPSA) is 0 Å². The molecule has 0 nitrogen and oxygen atoms in total. The minimum Gasteiger partial charge on any atom is -0.0984 e. The SMILES string of the molecule is C=Cc1cccc(C(C)C)c1/C=C\CC. The molecule has 0 heterocycles. The standard InChI is InChI=1S/C15H20/c1-5-7-10-15-13(6-2)9-8-11-14(15)12(3)4/h6-12H,2,5H2,1,3-4H3/b10-7-. The van der Waals surface area contributed by atoms with Gasteiger partial charge in [-0.15, -0.1) is 0 Å². The molecule has 0 saturated carbocycles. The summed E-state index contributed by atoms with van der Waals surface area (Å²) >= 11 is 0. The van der Waals surface area contributed by atoms with Crippen LogP contribution in [-0.4, -0.2) is 0 Å². The van der Waals surface area contributed by atoms with Gasteiger partial charge in [0.15, 0.2) is 0 Å². The predicted octanol–water partition coefficient (Wildman–Crippen LogP) is 4.88. The normalized spacial score (nSPS) is 11.2. The van der Waals surface area contributed by atoms with Crippen molar-refractivity contribution in [2.75, 3.05) is 0 Å². The van der Waals surface area contributed by atoms with Crippen LogP contribution >= 0.6 is 0 Å². The van der Waals surface area contributed by atoms with E-state index in [0.29, 0.717) is 5.92 Å².